The van der Waals surface area contributed by atoms with E-state index in [0.29, 0.717) is 0 Å². The Labute approximate surface area is 225 Å². The van der Waals surface area contributed by atoms with Gasteiger partial charge in [0.2, 0.25) is 0 Å². The Bertz CT molecular complexity index is 1360. The van der Waals surface area contributed by atoms with Gasteiger partial charge in [-0.1, -0.05) is 30.3 Å². The number of aryl methyl sites for hydroxylation is 3. The molecule has 5 nitrogen and oxygen atoms in total. The number of hydrogen-bond donors (Lipinski definition) is 2. The third-order valence-corrected chi connectivity index (χ3v) is 7.48. The topological polar surface area (TPSA) is 45.1 Å². The number of hydrogen-bond acceptors (Lipinski definition) is 3. The molecule has 3 heterocycles. The predicted octanol–water partition coefficient (Wildman–Crippen LogP) is 6.58. The first kappa shape index (κ1) is 25.0. The fourth-order valence-electron chi connectivity index (χ4n) is 5.59. The highest BCUT2D eigenvalue weighted by atomic mass is 32.1. The average molecular weight is 510 g/mol. The standard InChI is InChI=1S/C31H35N5S/c1-21-17-22(2)19-26(18-21)36-23(3)20-27(24(36)4)30-29(28-13-8-9-14-33-28)34-31(37)35(30)16-10-15-32-25-11-6-5-7-12-25/h5-9,11-14,17-20,29-30,32H,10,15-16H2,1-4H3,(H,34,37)/t29-,30+/m1/s1. The van der Waals surface area contributed by atoms with Crippen molar-refractivity contribution < 1.29 is 0 Å². The predicted molar refractivity (Wildman–Crippen MR) is 156 cm³/mol. The molecule has 0 aliphatic carbocycles. The molecule has 2 aromatic carbocycles. The van der Waals surface area contributed by atoms with Crippen molar-refractivity contribution in [1.29, 1.82) is 0 Å². The van der Waals surface area contributed by atoms with Crippen molar-refractivity contribution in [3.63, 3.8) is 0 Å². The van der Waals surface area contributed by atoms with E-state index in [-0.39, 0.29) is 12.1 Å². The first-order valence-corrected chi connectivity index (χ1v) is 13.4. The second kappa shape index (κ2) is 10.8. The summed E-state index contributed by atoms with van der Waals surface area (Å²) in [5, 5.41) is 7.93. The van der Waals surface area contributed by atoms with E-state index < -0.39 is 0 Å². The van der Waals surface area contributed by atoms with Gasteiger partial charge in [-0.25, -0.2) is 0 Å². The Morgan fingerprint density at radius 1 is 0.919 bits per heavy atom. The molecule has 0 unspecified atom stereocenters. The van der Waals surface area contributed by atoms with Crippen molar-refractivity contribution in [3.8, 4) is 5.69 Å². The molecular weight excluding hydrogens is 474 g/mol. The SMILES string of the molecule is Cc1cc(C)cc(-n2c(C)cc([C@H]3[C@@H](c4ccccn4)NC(=S)N3CCCNc3ccccc3)c2C)c1. The number of rotatable bonds is 8. The van der Waals surface area contributed by atoms with E-state index in [4.69, 9.17) is 17.2 Å². The second-order valence-corrected chi connectivity index (χ2v) is 10.4. The second-order valence-electron chi connectivity index (χ2n) is 9.97. The zero-order chi connectivity index (χ0) is 25.9. The molecule has 1 fully saturated rings. The van der Waals surface area contributed by atoms with E-state index in [1.807, 2.05) is 18.3 Å². The summed E-state index contributed by atoms with van der Waals surface area (Å²) in [4.78, 5) is 7.07. The normalized spacial score (nSPS) is 17.2. The summed E-state index contributed by atoms with van der Waals surface area (Å²) in [5.74, 6) is 0. The number of anilines is 1. The van der Waals surface area contributed by atoms with E-state index in [1.165, 1.54) is 33.8 Å². The molecule has 190 valence electrons. The lowest BCUT2D eigenvalue weighted by atomic mass is 9.96. The maximum Gasteiger partial charge on any atom is 0.170 e. The highest BCUT2D eigenvalue weighted by Gasteiger charge is 2.41. The smallest absolute Gasteiger partial charge is 0.170 e. The van der Waals surface area contributed by atoms with Crippen LogP contribution in [0.25, 0.3) is 5.69 Å². The van der Waals surface area contributed by atoms with Crippen molar-refractivity contribution in [2.24, 2.45) is 0 Å². The fraction of sp³-hybridized carbons (Fsp3) is 0.290. The lowest BCUT2D eigenvalue weighted by molar-refractivity contribution is 0.315. The fourth-order valence-corrected chi connectivity index (χ4v) is 5.92. The Hall–Kier alpha value is -3.64. The van der Waals surface area contributed by atoms with Crippen LogP contribution in [0.3, 0.4) is 0 Å². The molecule has 0 saturated carbocycles. The zero-order valence-electron chi connectivity index (χ0n) is 22.0. The quantitative estimate of drug-likeness (QED) is 0.207. The van der Waals surface area contributed by atoms with E-state index in [2.05, 4.69) is 108 Å². The first-order valence-electron chi connectivity index (χ1n) is 13.0. The van der Waals surface area contributed by atoms with Crippen LogP contribution >= 0.6 is 12.2 Å². The van der Waals surface area contributed by atoms with E-state index in [0.717, 1.165) is 36.0 Å². The van der Waals surface area contributed by atoms with E-state index in [9.17, 15) is 0 Å². The minimum Gasteiger partial charge on any atom is -0.385 e. The Morgan fingerprint density at radius 2 is 1.65 bits per heavy atom. The molecule has 37 heavy (non-hydrogen) atoms. The van der Waals surface area contributed by atoms with Crippen LogP contribution in [0.4, 0.5) is 5.69 Å². The minimum absolute atomic E-state index is 0.0102. The number of nitrogens with zero attached hydrogens (tertiary/aromatic N) is 3. The molecule has 6 heteroatoms. The van der Waals surface area contributed by atoms with E-state index >= 15 is 0 Å². The lowest BCUT2D eigenvalue weighted by Gasteiger charge is -2.28. The minimum atomic E-state index is -0.0102. The van der Waals surface area contributed by atoms with Crippen LogP contribution in [-0.2, 0) is 0 Å². The summed E-state index contributed by atoms with van der Waals surface area (Å²) in [6, 6.07) is 25.6. The summed E-state index contributed by atoms with van der Waals surface area (Å²) in [7, 11) is 0. The maximum atomic E-state index is 5.91. The van der Waals surface area contributed by atoms with Gasteiger partial charge in [0.25, 0.3) is 0 Å². The Morgan fingerprint density at radius 3 is 2.35 bits per heavy atom. The summed E-state index contributed by atoms with van der Waals surface area (Å²) in [5.41, 5.74) is 9.66. The van der Waals surface area contributed by atoms with Gasteiger partial charge in [-0.05, 0) is 105 Å². The van der Waals surface area contributed by atoms with Crippen LogP contribution in [0.1, 0.15) is 52.3 Å². The van der Waals surface area contributed by atoms with Gasteiger partial charge in [-0.15, -0.1) is 0 Å². The summed E-state index contributed by atoms with van der Waals surface area (Å²) in [6.07, 6.45) is 2.83. The molecule has 2 N–H and O–H groups in total. The van der Waals surface area contributed by atoms with Gasteiger partial charge in [0, 0.05) is 42.0 Å². The molecule has 4 aromatic rings. The van der Waals surface area contributed by atoms with Crippen LogP contribution in [0, 0.1) is 27.7 Å². The summed E-state index contributed by atoms with van der Waals surface area (Å²) >= 11 is 5.91. The van der Waals surface area contributed by atoms with Crippen LogP contribution < -0.4 is 10.6 Å². The molecule has 0 bridgehead atoms. The maximum absolute atomic E-state index is 5.91. The molecular formula is C31H35N5S. The number of para-hydroxylation sites is 1. The van der Waals surface area contributed by atoms with Gasteiger partial charge < -0.3 is 20.1 Å². The number of pyridine rings is 1. The molecule has 0 spiro atoms. The van der Waals surface area contributed by atoms with Crippen molar-refractivity contribution in [2.75, 3.05) is 18.4 Å². The number of aromatic nitrogens is 2. The van der Waals surface area contributed by atoms with Gasteiger partial charge in [0.1, 0.15) is 0 Å². The molecule has 2 aromatic heterocycles. The van der Waals surface area contributed by atoms with Gasteiger partial charge in [-0.2, -0.15) is 0 Å². The number of thiocarbonyl (C=S) groups is 1. The molecule has 1 aliphatic rings. The molecule has 0 radical (unpaired) electrons. The molecule has 1 aliphatic heterocycles. The van der Waals surface area contributed by atoms with Gasteiger partial charge >= 0.3 is 0 Å². The van der Waals surface area contributed by atoms with Crippen molar-refractivity contribution in [2.45, 2.75) is 46.2 Å². The Kier molecular flexibility index (Phi) is 7.28. The third-order valence-electron chi connectivity index (χ3n) is 7.13. The monoisotopic (exact) mass is 509 g/mol. The highest BCUT2D eigenvalue weighted by molar-refractivity contribution is 7.80. The number of nitrogens with one attached hydrogen (secondary N) is 2. The van der Waals surface area contributed by atoms with Gasteiger partial charge in [-0.3, -0.25) is 4.98 Å². The van der Waals surface area contributed by atoms with E-state index in [1.54, 1.807) is 0 Å². The van der Waals surface area contributed by atoms with Crippen molar-refractivity contribution in [3.05, 3.63) is 113 Å². The number of benzene rings is 2. The largest absolute Gasteiger partial charge is 0.385 e. The summed E-state index contributed by atoms with van der Waals surface area (Å²) in [6.45, 7) is 10.5. The molecule has 5 rings (SSSR count). The van der Waals surface area contributed by atoms with Crippen LogP contribution in [0.15, 0.2) is 79.0 Å². The average Bonchev–Trinajstić information content (AvgIpc) is 3.37. The van der Waals surface area contributed by atoms with Gasteiger partial charge in [0.15, 0.2) is 5.11 Å². The van der Waals surface area contributed by atoms with Crippen molar-refractivity contribution >= 4 is 23.0 Å². The van der Waals surface area contributed by atoms with Gasteiger partial charge in [0.05, 0.1) is 17.8 Å². The highest BCUT2D eigenvalue weighted by Crippen LogP contribution is 2.41. The molecule has 0 amide bonds. The lowest BCUT2D eigenvalue weighted by Crippen LogP contribution is -2.31. The molecule has 1 saturated heterocycles. The van der Waals surface area contributed by atoms with Crippen molar-refractivity contribution in [1.82, 2.24) is 19.8 Å². The van der Waals surface area contributed by atoms with Crippen LogP contribution in [0.5, 0.6) is 0 Å². The molecule has 2 atom stereocenters. The van der Waals surface area contributed by atoms with Crippen LogP contribution in [-0.4, -0.2) is 32.7 Å². The van der Waals surface area contributed by atoms with Crippen LogP contribution in [0.2, 0.25) is 0 Å². The third kappa shape index (κ3) is 5.25. The zero-order valence-corrected chi connectivity index (χ0v) is 22.8. The first-order chi connectivity index (χ1) is 17.9. The Balaban J connectivity index is 1.47. The summed E-state index contributed by atoms with van der Waals surface area (Å²) < 4.78 is 2.38.